The minimum Gasteiger partial charge on any atom is -0.426 e. The van der Waals surface area contributed by atoms with Gasteiger partial charge in [-0.15, -0.1) is 11.3 Å². The van der Waals surface area contributed by atoms with Crippen molar-refractivity contribution in [1.29, 1.82) is 0 Å². The monoisotopic (exact) mass is 417 g/mol. The number of fused-ring (bicyclic) bond motifs is 1. The van der Waals surface area contributed by atoms with Crippen molar-refractivity contribution in [1.82, 2.24) is 9.38 Å². The van der Waals surface area contributed by atoms with E-state index >= 15 is 0 Å². The molecular weight excluding hydrogens is 398 g/mol. The minimum absolute atomic E-state index is 0.105. The van der Waals surface area contributed by atoms with Crippen molar-refractivity contribution in [3.63, 3.8) is 0 Å². The second kappa shape index (κ2) is 7.76. The van der Waals surface area contributed by atoms with Gasteiger partial charge in [0.05, 0.1) is 12.1 Å². The number of ether oxygens (including phenoxy) is 1. The van der Waals surface area contributed by atoms with E-state index in [0.717, 1.165) is 34.0 Å². The van der Waals surface area contributed by atoms with E-state index in [0.29, 0.717) is 18.7 Å². The molecule has 6 nitrogen and oxygen atoms in total. The van der Waals surface area contributed by atoms with E-state index in [1.807, 2.05) is 52.4 Å². The molecule has 0 bridgehead atoms. The molecule has 5 rings (SSSR count). The van der Waals surface area contributed by atoms with E-state index in [9.17, 15) is 9.59 Å². The number of amides is 1. The quantitative estimate of drug-likeness (QED) is 0.358. The molecule has 3 heterocycles. The topological polar surface area (TPSA) is 63.9 Å². The summed E-state index contributed by atoms with van der Waals surface area (Å²) in [5.74, 6) is 0.197. The summed E-state index contributed by atoms with van der Waals surface area (Å²) in [5.41, 5.74) is 3.51. The van der Waals surface area contributed by atoms with Crippen LogP contribution in [0.25, 0.3) is 16.2 Å². The van der Waals surface area contributed by atoms with E-state index in [4.69, 9.17) is 4.74 Å². The first-order valence-corrected chi connectivity index (χ1v) is 10.7. The van der Waals surface area contributed by atoms with Crippen LogP contribution in [0, 0.1) is 0 Å². The molecule has 2 aromatic heterocycles. The maximum Gasteiger partial charge on any atom is 0.317 e. The Labute approximate surface area is 177 Å². The summed E-state index contributed by atoms with van der Waals surface area (Å²) in [5, 5.41) is 1.93. The fraction of sp³-hybridized carbons (Fsp3) is 0.174. The van der Waals surface area contributed by atoms with Gasteiger partial charge in [0.2, 0.25) is 5.91 Å². The molecule has 7 heteroatoms. The average Bonchev–Trinajstić information content (AvgIpc) is 3.46. The first-order valence-electron chi connectivity index (χ1n) is 9.79. The number of anilines is 1. The van der Waals surface area contributed by atoms with Crippen LogP contribution in [-0.2, 0) is 16.0 Å². The molecule has 1 aliphatic heterocycles. The normalized spacial score (nSPS) is 13.9. The third-order valence-electron chi connectivity index (χ3n) is 5.11. The lowest BCUT2D eigenvalue weighted by atomic mass is 10.2. The summed E-state index contributed by atoms with van der Waals surface area (Å²) in [6.45, 7) is 0.702. The third kappa shape index (κ3) is 3.59. The van der Waals surface area contributed by atoms with Crippen LogP contribution in [0.3, 0.4) is 0 Å². The molecule has 0 atom stereocenters. The Morgan fingerprint density at radius 2 is 2.00 bits per heavy atom. The molecule has 2 aromatic carbocycles. The molecular formula is C23H19N3O3S. The summed E-state index contributed by atoms with van der Waals surface area (Å²) in [4.78, 5) is 31.7. The fourth-order valence-electron chi connectivity index (χ4n) is 3.66. The standard InChI is InChI=1S/C23H19N3O3S/c27-21-10-5-11-25(21)17-8-4-9-19(12-17)29-22(28)13-18-15-30-23-24-20(14-26(18)23)16-6-2-1-3-7-16/h1-4,6-9,12,14-15H,5,10-11,13H2. The predicted octanol–water partition coefficient (Wildman–Crippen LogP) is 4.34. The SMILES string of the molecule is O=C(Cc1csc2nc(-c3ccccc3)cn12)Oc1cccc(N2CCCC2=O)c1. The van der Waals surface area contributed by atoms with Crippen molar-refractivity contribution in [2.24, 2.45) is 0 Å². The molecule has 30 heavy (non-hydrogen) atoms. The van der Waals surface area contributed by atoms with Crippen LogP contribution in [0.2, 0.25) is 0 Å². The average molecular weight is 417 g/mol. The number of carbonyl (C=O) groups is 2. The van der Waals surface area contributed by atoms with Crippen LogP contribution in [0.4, 0.5) is 5.69 Å². The Balaban J connectivity index is 1.32. The predicted molar refractivity (Wildman–Crippen MR) is 116 cm³/mol. The molecule has 0 radical (unpaired) electrons. The van der Waals surface area contributed by atoms with E-state index < -0.39 is 0 Å². The molecule has 0 saturated carbocycles. The van der Waals surface area contributed by atoms with Gasteiger partial charge >= 0.3 is 5.97 Å². The number of thiazole rings is 1. The summed E-state index contributed by atoms with van der Waals surface area (Å²) >= 11 is 1.50. The van der Waals surface area contributed by atoms with Crippen LogP contribution in [0.1, 0.15) is 18.5 Å². The number of hydrogen-bond donors (Lipinski definition) is 0. The van der Waals surface area contributed by atoms with Gasteiger partial charge in [0, 0.05) is 47.6 Å². The molecule has 0 unspecified atom stereocenters. The molecule has 1 aliphatic rings. The zero-order valence-corrected chi connectivity index (χ0v) is 17.0. The second-order valence-corrected chi connectivity index (χ2v) is 8.01. The Kier molecular flexibility index (Phi) is 4.80. The van der Waals surface area contributed by atoms with Crippen molar-refractivity contribution in [2.45, 2.75) is 19.3 Å². The number of carbonyl (C=O) groups excluding carboxylic acids is 2. The minimum atomic E-state index is -0.352. The third-order valence-corrected chi connectivity index (χ3v) is 6.00. The highest BCUT2D eigenvalue weighted by Crippen LogP contribution is 2.27. The molecule has 4 aromatic rings. The van der Waals surface area contributed by atoms with Crippen molar-refractivity contribution in [2.75, 3.05) is 11.4 Å². The molecule has 0 aliphatic carbocycles. The lowest BCUT2D eigenvalue weighted by Crippen LogP contribution is -2.23. The smallest absolute Gasteiger partial charge is 0.317 e. The molecule has 150 valence electrons. The fourth-order valence-corrected chi connectivity index (χ4v) is 4.53. The van der Waals surface area contributed by atoms with Crippen LogP contribution < -0.4 is 9.64 Å². The van der Waals surface area contributed by atoms with Gasteiger partial charge in [-0.2, -0.15) is 0 Å². The van der Waals surface area contributed by atoms with Gasteiger partial charge in [0.1, 0.15) is 5.75 Å². The number of hydrogen-bond acceptors (Lipinski definition) is 5. The van der Waals surface area contributed by atoms with Gasteiger partial charge in [0.15, 0.2) is 4.96 Å². The number of imidazole rings is 1. The lowest BCUT2D eigenvalue weighted by molar-refractivity contribution is -0.133. The number of nitrogens with zero attached hydrogens (tertiary/aromatic N) is 3. The van der Waals surface area contributed by atoms with Gasteiger partial charge in [-0.25, -0.2) is 4.98 Å². The van der Waals surface area contributed by atoms with Gasteiger partial charge in [-0.1, -0.05) is 36.4 Å². The van der Waals surface area contributed by atoms with E-state index in [-0.39, 0.29) is 18.3 Å². The van der Waals surface area contributed by atoms with Crippen LogP contribution >= 0.6 is 11.3 Å². The number of benzene rings is 2. The molecule has 1 fully saturated rings. The highest BCUT2D eigenvalue weighted by Gasteiger charge is 2.22. The van der Waals surface area contributed by atoms with E-state index in [2.05, 4.69) is 4.98 Å². The maximum atomic E-state index is 12.6. The van der Waals surface area contributed by atoms with Crippen molar-refractivity contribution < 1.29 is 14.3 Å². The second-order valence-electron chi connectivity index (χ2n) is 7.17. The zero-order chi connectivity index (χ0) is 20.5. The van der Waals surface area contributed by atoms with Gasteiger partial charge in [-0.05, 0) is 18.6 Å². The Morgan fingerprint density at radius 3 is 2.80 bits per heavy atom. The van der Waals surface area contributed by atoms with Gasteiger partial charge in [-0.3, -0.25) is 14.0 Å². The lowest BCUT2D eigenvalue weighted by Gasteiger charge is -2.16. The first-order chi connectivity index (χ1) is 14.7. The van der Waals surface area contributed by atoms with Gasteiger partial charge < -0.3 is 9.64 Å². The van der Waals surface area contributed by atoms with E-state index in [1.54, 1.807) is 23.1 Å². The van der Waals surface area contributed by atoms with Crippen LogP contribution in [0.15, 0.2) is 66.2 Å². The Bertz CT molecular complexity index is 1230. The van der Waals surface area contributed by atoms with Crippen molar-refractivity contribution >= 4 is 33.9 Å². The van der Waals surface area contributed by atoms with Crippen molar-refractivity contribution in [3.8, 4) is 17.0 Å². The molecule has 0 N–H and O–H groups in total. The number of rotatable bonds is 5. The molecule has 0 spiro atoms. The van der Waals surface area contributed by atoms with Gasteiger partial charge in [0.25, 0.3) is 0 Å². The van der Waals surface area contributed by atoms with Crippen LogP contribution in [-0.4, -0.2) is 27.8 Å². The summed E-state index contributed by atoms with van der Waals surface area (Å²) in [6.07, 6.45) is 3.50. The highest BCUT2D eigenvalue weighted by atomic mass is 32.1. The number of esters is 1. The first kappa shape index (κ1) is 18.6. The summed E-state index contributed by atoms with van der Waals surface area (Å²) in [7, 11) is 0. The maximum absolute atomic E-state index is 12.6. The molecule has 1 amide bonds. The Morgan fingerprint density at radius 1 is 1.13 bits per heavy atom. The number of aromatic nitrogens is 2. The summed E-state index contributed by atoms with van der Waals surface area (Å²) in [6, 6.07) is 17.1. The van der Waals surface area contributed by atoms with Crippen molar-refractivity contribution in [3.05, 3.63) is 71.9 Å². The Hall–Kier alpha value is -3.45. The highest BCUT2D eigenvalue weighted by molar-refractivity contribution is 7.15. The van der Waals surface area contributed by atoms with Crippen LogP contribution in [0.5, 0.6) is 5.75 Å². The largest absolute Gasteiger partial charge is 0.426 e. The molecule has 1 saturated heterocycles. The zero-order valence-electron chi connectivity index (χ0n) is 16.2. The summed E-state index contributed by atoms with van der Waals surface area (Å²) < 4.78 is 7.50. The van der Waals surface area contributed by atoms with E-state index in [1.165, 1.54) is 11.3 Å².